The van der Waals surface area contributed by atoms with Gasteiger partial charge in [0.05, 0.1) is 4.90 Å². The minimum atomic E-state index is -3.60. The number of sulfonamides is 1. The Morgan fingerprint density at radius 2 is 1.93 bits per heavy atom. The molecule has 1 aliphatic heterocycles. The van der Waals surface area contributed by atoms with Crippen molar-refractivity contribution in [2.24, 2.45) is 13.0 Å². The molecule has 4 rings (SSSR count). The first-order valence-corrected chi connectivity index (χ1v) is 11.1. The van der Waals surface area contributed by atoms with E-state index in [1.807, 2.05) is 19.2 Å². The van der Waals surface area contributed by atoms with Crippen molar-refractivity contribution in [2.45, 2.75) is 45.1 Å². The van der Waals surface area contributed by atoms with Crippen molar-refractivity contribution in [3.8, 4) is 11.6 Å². The molecule has 0 saturated heterocycles. The Bertz CT molecular complexity index is 1130. The van der Waals surface area contributed by atoms with Crippen molar-refractivity contribution in [2.75, 3.05) is 6.54 Å². The largest absolute Gasteiger partial charge is 0.332 e. The van der Waals surface area contributed by atoms with Crippen molar-refractivity contribution in [1.82, 2.24) is 24.2 Å². The smallest absolute Gasteiger partial charge is 0.278 e. The highest BCUT2D eigenvalue weighted by molar-refractivity contribution is 7.89. The van der Waals surface area contributed by atoms with E-state index in [4.69, 9.17) is 4.52 Å². The minimum Gasteiger partial charge on any atom is -0.332 e. The molecule has 0 N–H and O–H groups in total. The molecule has 0 atom stereocenters. The molecule has 0 saturated carbocycles. The second kappa shape index (κ2) is 7.38. The molecule has 29 heavy (non-hydrogen) atoms. The predicted molar refractivity (Wildman–Crippen MR) is 108 cm³/mol. The van der Waals surface area contributed by atoms with Crippen LogP contribution < -0.4 is 0 Å². The fourth-order valence-corrected chi connectivity index (χ4v) is 5.16. The Balaban J connectivity index is 1.64. The number of fused-ring (bicyclic) bond motifs is 1. The standard InChI is InChI=1S/C20H25N5O3S/c1-13(2)11-15-5-7-16(8-6-15)29(26,27)25-10-9-18-17(12-25)19(22-24(18)4)20-21-14(3)23-28-20/h5-8,13H,9-12H2,1-4H3. The molecule has 3 aromatic rings. The van der Waals surface area contributed by atoms with Crippen LogP contribution in [0.2, 0.25) is 0 Å². The fraction of sp³-hybridized carbons (Fsp3) is 0.450. The summed E-state index contributed by atoms with van der Waals surface area (Å²) >= 11 is 0. The van der Waals surface area contributed by atoms with Crippen LogP contribution in [0.3, 0.4) is 0 Å². The van der Waals surface area contributed by atoms with Gasteiger partial charge in [-0.1, -0.05) is 31.1 Å². The molecule has 3 heterocycles. The molecular formula is C20H25N5O3S. The zero-order valence-electron chi connectivity index (χ0n) is 17.1. The Kier molecular flexibility index (Phi) is 5.04. The summed E-state index contributed by atoms with van der Waals surface area (Å²) in [6.07, 6.45) is 1.51. The lowest BCUT2D eigenvalue weighted by molar-refractivity contribution is 0.385. The predicted octanol–water partition coefficient (Wildman–Crippen LogP) is 2.72. The molecule has 0 spiro atoms. The van der Waals surface area contributed by atoms with E-state index < -0.39 is 10.0 Å². The van der Waals surface area contributed by atoms with Crippen molar-refractivity contribution in [1.29, 1.82) is 0 Å². The number of hydrogen-bond acceptors (Lipinski definition) is 6. The fourth-order valence-electron chi connectivity index (χ4n) is 3.76. The summed E-state index contributed by atoms with van der Waals surface area (Å²) < 4.78 is 35.0. The first-order chi connectivity index (χ1) is 13.8. The molecule has 0 fully saturated rings. The average molecular weight is 416 g/mol. The molecule has 1 aromatic carbocycles. The molecule has 0 aliphatic carbocycles. The molecule has 0 radical (unpaired) electrons. The quantitative estimate of drug-likeness (QED) is 0.636. The van der Waals surface area contributed by atoms with E-state index in [0.717, 1.165) is 23.2 Å². The van der Waals surface area contributed by atoms with Crippen molar-refractivity contribution < 1.29 is 12.9 Å². The Labute approximate surface area is 170 Å². The topological polar surface area (TPSA) is 94.1 Å². The van der Waals surface area contributed by atoms with E-state index in [9.17, 15) is 8.42 Å². The third kappa shape index (κ3) is 3.72. The van der Waals surface area contributed by atoms with Gasteiger partial charge in [-0.3, -0.25) is 4.68 Å². The molecule has 2 aromatic heterocycles. The summed E-state index contributed by atoms with van der Waals surface area (Å²) in [5, 5.41) is 8.33. The number of benzene rings is 1. The van der Waals surface area contributed by atoms with E-state index in [0.29, 0.717) is 41.2 Å². The molecule has 0 unspecified atom stereocenters. The van der Waals surface area contributed by atoms with E-state index in [1.165, 1.54) is 4.31 Å². The molecule has 0 amide bonds. The van der Waals surface area contributed by atoms with E-state index in [2.05, 4.69) is 29.1 Å². The van der Waals surface area contributed by atoms with Gasteiger partial charge >= 0.3 is 0 Å². The van der Waals surface area contributed by atoms with Crippen LogP contribution >= 0.6 is 0 Å². The summed E-state index contributed by atoms with van der Waals surface area (Å²) in [5.41, 5.74) is 3.51. The van der Waals surface area contributed by atoms with Gasteiger partial charge in [-0.25, -0.2) is 8.42 Å². The lowest BCUT2D eigenvalue weighted by atomic mass is 10.0. The first-order valence-electron chi connectivity index (χ1n) is 9.70. The highest BCUT2D eigenvalue weighted by Crippen LogP contribution is 2.31. The molecule has 0 bridgehead atoms. The number of aryl methyl sites for hydroxylation is 2. The van der Waals surface area contributed by atoms with Crippen molar-refractivity contribution in [3.05, 3.63) is 46.9 Å². The van der Waals surface area contributed by atoms with Crippen molar-refractivity contribution in [3.63, 3.8) is 0 Å². The van der Waals surface area contributed by atoms with Crippen molar-refractivity contribution >= 4 is 10.0 Å². The summed E-state index contributed by atoms with van der Waals surface area (Å²) in [6.45, 7) is 6.67. The molecule has 9 heteroatoms. The van der Waals surface area contributed by atoms with Gasteiger partial charge in [0.15, 0.2) is 11.5 Å². The van der Waals surface area contributed by atoms with Gasteiger partial charge in [0.25, 0.3) is 5.89 Å². The van der Waals surface area contributed by atoms with Crippen LogP contribution in [0.4, 0.5) is 0 Å². The Morgan fingerprint density at radius 3 is 2.55 bits per heavy atom. The molecule has 8 nitrogen and oxygen atoms in total. The number of hydrogen-bond donors (Lipinski definition) is 0. The van der Waals surface area contributed by atoms with Gasteiger partial charge in [-0.05, 0) is 37.0 Å². The van der Waals surface area contributed by atoms with E-state index in [1.54, 1.807) is 23.7 Å². The highest BCUT2D eigenvalue weighted by atomic mass is 32.2. The van der Waals surface area contributed by atoms with Gasteiger partial charge in [0.2, 0.25) is 10.0 Å². The lowest BCUT2D eigenvalue weighted by Gasteiger charge is -2.26. The van der Waals surface area contributed by atoms with Gasteiger partial charge in [-0.15, -0.1) is 0 Å². The first kappa shape index (κ1) is 19.8. The Morgan fingerprint density at radius 1 is 1.21 bits per heavy atom. The van der Waals surface area contributed by atoms with Gasteiger partial charge in [0, 0.05) is 37.8 Å². The second-order valence-electron chi connectivity index (χ2n) is 7.87. The monoisotopic (exact) mass is 415 g/mol. The Hall–Kier alpha value is -2.52. The summed E-state index contributed by atoms with van der Waals surface area (Å²) in [7, 11) is -1.75. The number of aromatic nitrogens is 4. The van der Waals surface area contributed by atoms with E-state index in [-0.39, 0.29) is 6.54 Å². The van der Waals surface area contributed by atoms with Crippen LogP contribution in [-0.2, 0) is 36.5 Å². The summed E-state index contributed by atoms with van der Waals surface area (Å²) in [5.74, 6) is 1.35. The maximum absolute atomic E-state index is 13.2. The second-order valence-corrected chi connectivity index (χ2v) is 9.81. The summed E-state index contributed by atoms with van der Waals surface area (Å²) in [4.78, 5) is 4.57. The third-order valence-electron chi connectivity index (χ3n) is 5.14. The van der Waals surface area contributed by atoms with Crippen LogP contribution in [0.5, 0.6) is 0 Å². The zero-order valence-corrected chi connectivity index (χ0v) is 17.9. The van der Waals surface area contributed by atoms with Crippen LogP contribution in [0.25, 0.3) is 11.6 Å². The zero-order chi connectivity index (χ0) is 20.8. The normalized spacial score (nSPS) is 15.1. The van der Waals surface area contributed by atoms with Crippen LogP contribution in [0.1, 0.15) is 36.5 Å². The molecule has 1 aliphatic rings. The maximum Gasteiger partial charge on any atom is 0.278 e. The van der Waals surface area contributed by atoms with Crippen LogP contribution in [-0.4, -0.2) is 39.2 Å². The van der Waals surface area contributed by atoms with Crippen LogP contribution in [0, 0.1) is 12.8 Å². The van der Waals surface area contributed by atoms with Gasteiger partial charge < -0.3 is 4.52 Å². The lowest BCUT2D eigenvalue weighted by Crippen LogP contribution is -2.36. The maximum atomic E-state index is 13.2. The van der Waals surface area contributed by atoms with Crippen LogP contribution in [0.15, 0.2) is 33.7 Å². The summed E-state index contributed by atoms with van der Waals surface area (Å²) in [6, 6.07) is 7.21. The number of rotatable bonds is 5. The average Bonchev–Trinajstić information content (AvgIpc) is 3.25. The van der Waals surface area contributed by atoms with Gasteiger partial charge in [-0.2, -0.15) is 14.4 Å². The van der Waals surface area contributed by atoms with Gasteiger partial charge in [0.1, 0.15) is 0 Å². The SMILES string of the molecule is Cc1noc(-c2nn(C)c3c2CN(S(=O)(=O)c2ccc(CC(C)C)cc2)CC3)n1. The van der Waals surface area contributed by atoms with E-state index >= 15 is 0 Å². The molecular weight excluding hydrogens is 390 g/mol. The third-order valence-corrected chi connectivity index (χ3v) is 7.00. The highest BCUT2D eigenvalue weighted by Gasteiger charge is 2.33. The molecule has 154 valence electrons. The number of nitrogens with zero attached hydrogens (tertiary/aromatic N) is 5. The minimum absolute atomic E-state index is 0.232.